The summed E-state index contributed by atoms with van der Waals surface area (Å²) in [7, 11) is 0. The smallest absolute Gasteiger partial charge is 0.258 e. The number of amides is 1. The van der Waals surface area contributed by atoms with Crippen LogP contribution in [0.5, 0.6) is 0 Å². The van der Waals surface area contributed by atoms with Crippen LogP contribution in [-0.4, -0.2) is 37.1 Å². The lowest BCUT2D eigenvalue weighted by molar-refractivity contribution is 0.100. The molecule has 5 nitrogen and oxygen atoms in total. The molecule has 0 aromatic carbocycles. The van der Waals surface area contributed by atoms with Crippen molar-refractivity contribution in [3.05, 3.63) is 23.1 Å². The summed E-state index contributed by atoms with van der Waals surface area (Å²) in [5.74, 6) is 0.652. The molecule has 4 heterocycles. The van der Waals surface area contributed by atoms with Crippen molar-refractivity contribution in [1.82, 2.24) is 10.3 Å². The van der Waals surface area contributed by atoms with Crippen LogP contribution in [0.3, 0.4) is 0 Å². The predicted octanol–water partition coefficient (Wildman–Crippen LogP) is 2.37. The molecule has 23 heavy (non-hydrogen) atoms. The number of hydrogen-bond donors (Lipinski definition) is 2. The van der Waals surface area contributed by atoms with Gasteiger partial charge in [-0.05, 0) is 62.4 Å². The minimum Gasteiger partial charge on any atom is -0.365 e. The Hall–Kier alpha value is -1.66. The van der Waals surface area contributed by atoms with E-state index in [1.165, 1.54) is 37.0 Å². The molecule has 0 unspecified atom stereocenters. The maximum Gasteiger partial charge on any atom is 0.258 e. The van der Waals surface area contributed by atoms with Gasteiger partial charge in [-0.2, -0.15) is 0 Å². The van der Waals surface area contributed by atoms with Gasteiger partial charge in [0.2, 0.25) is 0 Å². The second-order valence-electron chi connectivity index (χ2n) is 6.78. The highest BCUT2D eigenvalue weighted by molar-refractivity contribution is 7.20. The van der Waals surface area contributed by atoms with Crippen LogP contribution in [0.25, 0.3) is 10.2 Å². The number of nitrogens with zero attached hydrogens (tertiary/aromatic N) is 2. The second-order valence-corrected chi connectivity index (χ2v) is 7.81. The summed E-state index contributed by atoms with van der Waals surface area (Å²) in [6, 6.07) is 5.95. The van der Waals surface area contributed by atoms with Crippen LogP contribution in [0.15, 0.2) is 18.2 Å². The molecule has 0 bridgehead atoms. The molecular weight excluding hydrogens is 308 g/mol. The molecule has 3 N–H and O–H groups in total. The first-order valence-electron chi connectivity index (χ1n) is 8.31. The minimum absolute atomic E-state index is 0.375. The summed E-state index contributed by atoms with van der Waals surface area (Å²) in [6.07, 6.45) is 5.12. The fourth-order valence-corrected chi connectivity index (χ4v) is 4.75. The van der Waals surface area contributed by atoms with Crippen LogP contribution in [0.2, 0.25) is 0 Å². The Bertz CT molecular complexity index is 725. The molecule has 2 fully saturated rings. The Morgan fingerprint density at radius 3 is 2.65 bits per heavy atom. The van der Waals surface area contributed by atoms with E-state index in [0.29, 0.717) is 10.3 Å². The van der Waals surface area contributed by atoms with Gasteiger partial charge in [0.25, 0.3) is 5.91 Å². The van der Waals surface area contributed by atoms with Gasteiger partial charge in [0.15, 0.2) is 0 Å². The first kappa shape index (κ1) is 14.9. The van der Waals surface area contributed by atoms with E-state index in [2.05, 4.69) is 22.3 Å². The monoisotopic (exact) mass is 330 g/mol. The van der Waals surface area contributed by atoms with Crippen molar-refractivity contribution in [2.24, 2.45) is 11.1 Å². The topological polar surface area (TPSA) is 71.2 Å². The summed E-state index contributed by atoms with van der Waals surface area (Å²) in [5, 5.41) is 4.47. The SMILES string of the molecule is NC(=O)c1cc2ccc(N3CCC4(CCNCC4)CC3)nc2s1. The summed E-state index contributed by atoms with van der Waals surface area (Å²) in [5.41, 5.74) is 5.92. The van der Waals surface area contributed by atoms with Crippen LogP contribution >= 0.6 is 11.3 Å². The third-order valence-corrected chi connectivity index (χ3v) is 6.48. The molecule has 4 rings (SSSR count). The highest BCUT2D eigenvalue weighted by Gasteiger charge is 2.35. The van der Waals surface area contributed by atoms with Crippen LogP contribution in [-0.2, 0) is 0 Å². The van der Waals surface area contributed by atoms with Gasteiger partial charge in [-0.3, -0.25) is 4.79 Å². The van der Waals surface area contributed by atoms with Gasteiger partial charge in [0, 0.05) is 18.5 Å². The van der Waals surface area contributed by atoms with Gasteiger partial charge >= 0.3 is 0 Å². The number of nitrogens with two attached hydrogens (primary N) is 1. The molecule has 1 amide bonds. The van der Waals surface area contributed by atoms with E-state index < -0.39 is 0 Å². The van der Waals surface area contributed by atoms with Crippen LogP contribution in [0, 0.1) is 5.41 Å². The number of nitrogens with one attached hydrogen (secondary N) is 1. The number of aromatic nitrogens is 1. The zero-order valence-corrected chi connectivity index (χ0v) is 14.0. The minimum atomic E-state index is -0.375. The molecular formula is C17H22N4OS. The van der Waals surface area contributed by atoms with Crippen molar-refractivity contribution < 1.29 is 4.79 Å². The van der Waals surface area contributed by atoms with Gasteiger partial charge in [-0.25, -0.2) is 4.98 Å². The van der Waals surface area contributed by atoms with E-state index in [4.69, 9.17) is 10.7 Å². The highest BCUT2D eigenvalue weighted by Crippen LogP contribution is 2.40. The molecule has 0 atom stereocenters. The highest BCUT2D eigenvalue weighted by atomic mass is 32.1. The second kappa shape index (κ2) is 5.76. The van der Waals surface area contributed by atoms with E-state index in [0.717, 1.165) is 42.2 Å². The Kier molecular flexibility index (Phi) is 3.73. The quantitative estimate of drug-likeness (QED) is 0.887. The lowest BCUT2D eigenvalue weighted by atomic mass is 9.71. The van der Waals surface area contributed by atoms with Gasteiger partial charge in [-0.1, -0.05) is 0 Å². The van der Waals surface area contributed by atoms with E-state index in [9.17, 15) is 4.79 Å². The van der Waals surface area contributed by atoms with E-state index in [1.807, 2.05) is 6.07 Å². The number of rotatable bonds is 2. The van der Waals surface area contributed by atoms with Crippen molar-refractivity contribution >= 4 is 33.3 Å². The Balaban J connectivity index is 1.52. The predicted molar refractivity (Wildman–Crippen MR) is 94.1 cm³/mol. The normalized spacial score (nSPS) is 21.0. The lowest BCUT2D eigenvalue weighted by Crippen LogP contribution is -2.45. The molecule has 2 aromatic heterocycles. The van der Waals surface area contributed by atoms with Crippen molar-refractivity contribution in [3.63, 3.8) is 0 Å². The number of pyridine rings is 1. The Morgan fingerprint density at radius 2 is 1.96 bits per heavy atom. The maximum atomic E-state index is 11.3. The van der Waals surface area contributed by atoms with Crippen LogP contribution < -0.4 is 16.0 Å². The van der Waals surface area contributed by atoms with Gasteiger partial charge < -0.3 is 16.0 Å². The number of thiophene rings is 1. The zero-order chi connectivity index (χ0) is 15.9. The van der Waals surface area contributed by atoms with Crippen molar-refractivity contribution in [2.45, 2.75) is 25.7 Å². The van der Waals surface area contributed by atoms with E-state index >= 15 is 0 Å². The number of carbonyl (C=O) groups is 1. The first-order chi connectivity index (χ1) is 11.2. The number of hydrogen-bond acceptors (Lipinski definition) is 5. The molecule has 1 spiro atoms. The van der Waals surface area contributed by atoms with Crippen molar-refractivity contribution in [1.29, 1.82) is 0 Å². The maximum absolute atomic E-state index is 11.3. The molecule has 6 heteroatoms. The Labute approximate surface area is 139 Å². The molecule has 2 aliphatic rings. The summed E-state index contributed by atoms with van der Waals surface area (Å²) in [4.78, 5) is 19.9. The van der Waals surface area contributed by atoms with Gasteiger partial charge in [-0.15, -0.1) is 11.3 Å². The summed E-state index contributed by atoms with van der Waals surface area (Å²) < 4.78 is 0. The number of fused-ring (bicyclic) bond motifs is 1. The Morgan fingerprint density at radius 1 is 1.22 bits per heavy atom. The molecule has 0 radical (unpaired) electrons. The largest absolute Gasteiger partial charge is 0.365 e. The lowest BCUT2D eigenvalue weighted by Gasteiger charge is -2.44. The van der Waals surface area contributed by atoms with E-state index in [-0.39, 0.29) is 5.91 Å². The molecule has 0 saturated carbocycles. The fourth-order valence-electron chi connectivity index (χ4n) is 3.87. The summed E-state index contributed by atoms with van der Waals surface area (Å²) >= 11 is 1.38. The number of primary amides is 1. The molecule has 2 aliphatic heterocycles. The van der Waals surface area contributed by atoms with Crippen LogP contribution in [0.4, 0.5) is 5.82 Å². The van der Waals surface area contributed by atoms with Gasteiger partial charge in [0.05, 0.1) is 4.88 Å². The number of carbonyl (C=O) groups excluding carboxylic acids is 1. The van der Waals surface area contributed by atoms with Crippen molar-refractivity contribution in [3.8, 4) is 0 Å². The number of piperidine rings is 2. The fraction of sp³-hybridized carbons (Fsp3) is 0.529. The number of anilines is 1. The van der Waals surface area contributed by atoms with Gasteiger partial charge in [0.1, 0.15) is 10.6 Å². The third-order valence-electron chi connectivity index (χ3n) is 5.42. The average Bonchev–Trinajstić information content (AvgIpc) is 3.00. The molecule has 2 saturated heterocycles. The average molecular weight is 330 g/mol. The van der Waals surface area contributed by atoms with Crippen LogP contribution in [0.1, 0.15) is 35.4 Å². The first-order valence-corrected chi connectivity index (χ1v) is 9.13. The summed E-state index contributed by atoms with van der Waals surface area (Å²) in [6.45, 7) is 4.48. The standard InChI is InChI=1S/C17H22N4OS/c18-15(22)13-11-12-1-2-14(20-16(12)23-13)21-9-5-17(6-10-21)3-7-19-8-4-17/h1-2,11,19H,3-10H2,(H2,18,22). The third kappa shape index (κ3) is 2.81. The molecule has 2 aromatic rings. The zero-order valence-electron chi connectivity index (χ0n) is 13.2. The molecule has 0 aliphatic carbocycles. The molecule has 122 valence electrons. The van der Waals surface area contributed by atoms with Crippen molar-refractivity contribution in [2.75, 3.05) is 31.1 Å². The van der Waals surface area contributed by atoms with E-state index in [1.54, 1.807) is 0 Å².